The molecule has 88 valence electrons. The molecule has 2 heterocycles. The first-order valence-corrected chi connectivity index (χ1v) is 5.55. The summed E-state index contributed by atoms with van der Waals surface area (Å²) in [5.74, 6) is -0.243. The van der Waals surface area contributed by atoms with Crippen LogP contribution >= 0.6 is 0 Å². The van der Waals surface area contributed by atoms with Crippen LogP contribution in [0.15, 0.2) is 55.0 Å². The molecule has 18 heavy (non-hydrogen) atoms. The monoisotopic (exact) mass is 239 g/mol. The normalized spacial score (nSPS) is 10.5. The molecule has 2 aromatic heterocycles. The van der Waals surface area contributed by atoms with Crippen LogP contribution in [0.2, 0.25) is 0 Å². The molecular formula is C14H10FN3. The molecule has 0 amide bonds. The van der Waals surface area contributed by atoms with Gasteiger partial charge in [0.15, 0.2) is 0 Å². The van der Waals surface area contributed by atoms with E-state index in [4.69, 9.17) is 0 Å². The number of pyridine rings is 1. The molecule has 0 aliphatic carbocycles. The second-order valence-corrected chi connectivity index (χ2v) is 3.89. The Hall–Kier alpha value is -2.49. The van der Waals surface area contributed by atoms with E-state index in [-0.39, 0.29) is 5.82 Å². The van der Waals surface area contributed by atoms with E-state index in [9.17, 15) is 4.39 Å². The first-order chi connectivity index (χ1) is 8.84. The van der Waals surface area contributed by atoms with Crippen LogP contribution in [0.3, 0.4) is 0 Å². The van der Waals surface area contributed by atoms with E-state index in [1.165, 1.54) is 12.1 Å². The number of aromatic nitrogens is 3. The maximum Gasteiger partial charge on any atom is 0.123 e. The average molecular weight is 239 g/mol. The Morgan fingerprint density at radius 1 is 1.00 bits per heavy atom. The van der Waals surface area contributed by atoms with Gasteiger partial charge in [0.05, 0.1) is 11.9 Å². The van der Waals surface area contributed by atoms with Crippen LogP contribution in [-0.4, -0.2) is 15.2 Å². The summed E-state index contributed by atoms with van der Waals surface area (Å²) in [7, 11) is 0. The van der Waals surface area contributed by atoms with Crippen LogP contribution in [0.1, 0.15) is 0 Å². The summed E-state index contributed by atoms with van der Waals surface area (Å²) in [6.07, 6.45) is 5.24. The maximum absolute atomic E-state index is 12.9. The molecule has 0 radical (unpaired) electrons. The highest BCUT2D eigenvalue weighted by Crippen LogP contribution is 2.29. The Morgan fingerprint density at radius 3 is 2.56 bits per heavy atom. The SMILES string of the molecule is Fc1ccc(-c2cccnc2-c2cn[nH]c2)cc1. The molecule has 1 N–H and O–H groups in total. The van der Waals surface area contributed by atoms with Crippen molar-refractivity contribution in [2.45, 2.75) is 0 Å². The van der Waals surface area contributed by atoms with Gasteiger partial charge < -0.3 is 0 Å². The molecule has 0 fully saturated rings. The second-order valence-electron chi connectivity index (χ2n) is 3.89. The smallest absolute Gasteiger partial charge is 0.123 e. The minimum Gasteiger partial charge on any atom is -0.285 e. The Balaban J connectivity index is 2.15. The molecule has 0 aliphatic heterocycles. The maximum atomic E-state index is 12.9. The highest BCUT2D eigenvalue weighted by atomic mass is 19.1. The van der Waals surface area contributed by atoms with Gasteiger partial charge in [0.25, 0.3) is 0 Å². The lowest BCUT2D eigenvalue weighted by molar-refractivity contribution is 0.628. The summed E-state index contributed by atoms with van der Waals surface area (Å²) in [5.41, 5.74) is 3.63. The molecule has 3 nitrogen and oxygen atoms in total. The summed E-state index contributed by atoms with van der Waals surface area (Å²) in [6, 6.07) is 10.2. The summed E-state index contributed by atoms with van der Waals surface area (Å²) in [4.78, 5) is 4.37. The number of halogens is 1. The van der Waals surface area contributed by atoms with Crippen LogP contribution in [0, 0.1) is 5.82 Å². The molecule has 4 heteroatoms. The van der Waals surface area contributed by atoms with Crippen molar-refractivity contribution in [3.63, 3.8) is 0 Å². The standard InChI is InChI=1S/C14H10FN3/c15-12-5-3-10(4-6-12)13-2-1-7-16-14(13)11-8-17-18-9-11/h1-9H,(H,17,18). The van der Waals surface area contributed by atoms with Crippen LogP contribution in [0.5, 0.6) is 0 Å². The first-order valence-electron chi connectivity index (χ1n) is 5.55. The molecule has 1 aromatic carbocycles. The second kappa shape index (κ2) is 4.41. The number of benzene rings is 1. The molecule has 0 spiro atoms. The van der Waals surface area contributed by atoms with Gasteiger partial charge in [-0.1, -0.05) is 18.2 Å². The predicted octanol–water partition coefficient (Wildman–Crippen LogP) is 3.28. The molecular weight excluding hydrogens is 229 g/mol. The fraction of sp³-hybridized carbons (Fsp3) is 0. The largest absolute Gasteiger partial charge is 0.285 e. The Bertz CT molecular complexity index is 645. The van der Waals surface area contributed by atoms with E-state index < -0.39 is 0 Å². The van der Waals surface area contributed by atoms with Crippen molar-refractivity contribution in [1.29, 1.82) is 0 Å². The lowest BCUT2D eigenvalue weighted by Gasteiger charge is -2.06. The quantitative estimate of drug-likeness (QED) is 0.745. The molecule has 0 saturated carbocycles. The zero-order valence-corrected chi connectivity index (χ0v) is 9.47. The lowest BCUT2D eigenvalue weighted by Crippen LogP contribution is -1.87. The van der Waals surface area contributed by atoms with Crippen molar-refractivity contribution in [2.75, 3.05) is 0 Å². The topological polar surface area (TPSA) is 41.6 Å². The van der Waals surface area contributed by atoms with E-state index in [0.29, 0.717) is 0 Å². The molecule has 0 bridgehead atoms. The van der Waals surface area contributed by atoms with Crippen LogP contribution in [0.4, 0.5) is 4.39 Å². The van der Waals surface area contributed by atoms with Crippen molar-refractivity contribution < 1.29 is 4.39 Å². The van der Waals surface area contributed by atoms with Gasteiger partial charge in [0.1, 0.15) is 5.82 Å². The van der Waals surface area contributed by atoms with E-state index in [1.807, 2.05) is 12.1 Å². The Kier molecular flexibility index (Phi) is 2.61. The zero-order chi connectivity index (χ0) is 12.4. The van der Waals surface area contributed by atoms with Crippen molar-refractivity contribution >= 4 is 0 Å². The molecule has 0 aliphatic rings. The summed E-state index contributed by atoms with van der Waals surface area (Å²) < 4.78 is 12.9. The van der Waals surface area contributed by atoms with Crippen LogP contribution < -0.4 is 0 Å². The van der Waals surface area contributed by atoms with Gasteiger partial charge in [-0.25, -0.2) is 4.39 Å². The van der Waals surface area contributed by atoms with Crippen molar-refractivity contribution in [3.05, 3.63) is 60.8 Å². The van der Waals surface area contributed by atoms with Crippen LogP contribution in [0.25, 0.3) is 22.4 Å². The number of nitrogens with one attached hydrogen (secondary N) is 1. The minimum atomic E-state index is -0.243. The van der Waals surface area contributed by atoms with Crippen molar-refractivity contribution in [1.82, 2.24) is 15.2 Å². The predicted molar refractivity (Wildman–Crippen MR) is 67.2 cm³/mol. The van der Waals surface area contributed by atoms with Gasteiger partial charge in [-0.15, -0.1) is 0 Å². The number of nitrogens with zero attached hydrogens (tertiary/aromatic N) is 2. The molecule has 0 unspecified atom stereocenters. The van der Waals surface area contributed by atoms with E-state index >= 15 is 0 Å². The van der Waals surface area contributed by atoms with Gasteiger partial charge in [-0.2, -0.15) is 5.10 Å². The Labute approximate surface area is 103 Å². The number of H-pyrrole nitrogens is 1. The third kappa shape index (κ3) is 1.88. The third-order valence-electron chi connectivity index (χ3n) is 2.73. The number of rotatable bonds is 2. The highest BCUT2D eigenvalue weighted by Gasteiger charge is 2.09. The average Bonchev–Trinajstić information content (AvgIpc) is 2.93. The number of hydrogen-bond acceptors (Lipinski definition) is 2. The minimum absolute atomic E-state index is 0.243. The summed E-state index contributed by atoms with van der Waals surface area (Å²) in [6.45, 7) is 0. The lowest BCUT2D eigenvalue weighted by atomic mass is 10.0. The summed E-state index contributed by atoms with van der Waals surface area (Å²) in [5, 5.41) is 6.69. The van der Waals surface area contributed by atoms with E-state index in [1.54, 1.807) is 30.7 Å². The van der Waals surface area contributed by atoms with Crippen molar-refractivity contribution in [3.8, 4) is 22.4 Å². The molecule has 0 saturated heterocycles. The van der Waals surface area contributed by atoms with Crippen LogP contribution in [-0.2, 0) is 0 Å². The molecule has 3 rings (SSSR count). The van der Waals surface area contributed by atoms with Gasteiger partial charge in [0, 0.05) is 23.5 Å². The number of hydrogen-bond donors (Lipinski definition) is 1. The summed E-state index contributed by atoms with van der Waals surface area (Å²) >= 11 is 0. The van der Waals surface area contributed by atoms with E-state index in [0.717, 1.165) is 22.4 Å². The molecule has 3 aromatic rings. The third-order valence-corrected chi connectivity index (χ3v) is 2.73. The van der Waals surface area contributed by atoms with Gasteiger partial charge >= 0.3 is 0 Å². The van der Waals surface area contributed by atoms with Crippen molar-refractivity contribution in [2.24, 2.45) is 0 Å². The van der Waals surface area contributed by atoms with Gasteiger partial charge in [-0.05, 0) is 23.8 Å². The van der Waals surface area contributed by atoms with E-state index in [2.05, 4.69) is 15.2 Å². The van der Waals surface area contributed by atoms with Gasteiger partial charge in [0.2, 0.25) is 0 Å². The van der Waals surface area contributed by atoms with Gasteiger partial charge in [-0.3, -0.25) is 10.1 Å². The first kappa shape index (κ1) is 10.7. The highest BCUT2D eigenvalue weighted by molar-refractivity contribution is 5.79. The Morgan fingerprint density at radius 2 is 1.83 bits per heavy atom. The molecule has 0 atom stereocenters. The fourth-order valence-electron chi connectivity index (χ4n) is 1.88. The zero-order valence-electron chi connectivity index (χ0n) is 9.47. The fourth-order valence-corrected chi connectivity index (χ4v) is 1.88. The number of aromatic amines is 1.